The van der Waals surface area contributed by atoms with E-state index in [1.807, 2.05) is 19.1 Å². The molecule has 2 aromatic carbocycles. The minimum Gasteiger partial charge on any atom is -0.497 e. The number of hydrogen-bond donors (Lipinski definition) is 1. The summed E-state index contributed by atoms with van der Waals surface area (Å²) in [7, 11) is 1.68. The lowest BCUT2D eigenvalue weighted by molar-refractivity contribution is 0.105. The Labute approximate surface area is 197 Å². The highest BCUT2D eigenvalue weighted by atomic mass is 32.1. The monoisotopic (exact) mass is 463 g/mol. The molecule has 1 aliphatic heterocycles. The molecule has 0 bridgehead atoms. The highest BCUT2D eigenvalue weighted by molar-refractivity contribution is 7.17. The summed E-state index contributed by atoms with van der Waals surface area (Å²) in [5, 5.41) is 15.6. The molecule has 7 nitrogen and oxygen atoms in total. The molecule has 8 heteroatoms. The van der Waals surface area contributed by atoms with E-state index in [0.717, 1.165) is 66.1 Å². The molecule has 0 aliphatic carbocycles. The fourth-order valence-corrected chi connectivity index (χ4v) is 5.59. The first-order valence-electron chi connectivity index (χ1n) is 11.4. The fraction of sp³-hybridized carbons (Fsp3) is 0.360. The van der Waals surface area contributed by atoms with Crippen molar-refractivity contribution in [2.75, 3.05) is 33.3 Å². The van der Waals surface area contributed by atoms with Gasteiger partial charge in [0.25, 0.3) is 0 Å². The summed E-state index contributed by atoms with van der Waals surface area (Å²) in [5.74, 6) is 1.76. The van der Waals surface area contributed by atoms with Crippen molar-refractivity contribution in [2.45, 2.75) is 25.9 Å². The van der Waals surface area contributed by atoms with E-state index < -0.39 is 0 Å². The van der Waals surface area contributed by atoms with Crippen molar-refractivity contribution in [1.82, 2.24) is 24.4 Å². The number of hydrogen-bond acceptors (Lipinski definition) is 7. The second kappa shape index (κ2) is 9.51. The van der Waals surface area contributed by atoms with Gasteiger partial charge in [0.2, 0.25) is 10.8 Å². The Balaban J connectivity index is 1.42. The highest BCUT2D eigenvalue weighted by Crippen LogP contribution is 2.40. The van der Waals surface area contributed by atoms with Gasteiger partial charge in [0.05, 0.1) is 18.0 Å². The Kier molecular flexibility index (Phi) is 6.30. The van der Waals surface area contributed by atoms with Gasteiger partial charge < -0.3 is 9.84 Å². The smallest absolute Gasteiger partial charge is 0.230 e. The van der Waals surface area contributed by atoms with Crippen molar-refractivity contribution < 1.29 is 9.84 Å². The number of aromatic nitrogens is 3. The van der Waals surface area contributed by atoms with E-state index in [-0.39, 0.29) is 11.9 Å². The van der Waals surface area contributed by atoms with Crippen LogP contribution in [0.3, 0.4) is 0 Å². The molecule has 1 saturated heterocycles. The zero-order valence-corrected chi connectivity index (χ0v) is 19.8. The Morgan fingerprint density at radius 3 is 2.39 bits per heavy atom. The van der Waals surface area contributed by atoms with E-state index in [2.05, 4.69) is 62.3 Å². The van der Waals surface area contributed by atoms with Crippen LogP contribution in [0, 0.1) is 0 Å². The van der Waals surface area contributed by atoms with Crippen LogP contribution in [0.1, 0.15) is 34.8 Å². The predicted octanol–water partition coefficient (Wildman–Crippen LogP) is 3.97. The van der Waals surface area contributed by atoms with Crippen molar-refractivity contribution in [1.29, 1.82) is 0 Å². The van der Waals surface area contributed by atoms with Crippen LogP contribution < -0.4 is 4.74 Å². The quantitative estimate of drug-likeness (QED) is 0.447. The Bertz CT molecular complexity index is 1200. The maximum atomic E-state index is 11.1. The lowest BCUT2D eigenvalue weighted by Crippen LogP contribution is -2.47. The largest absolute Gasteiger partial charge is 0.497 e. The molecule has 1 N–H and O–H groups in total. The molecule has 1 fully saturated rings. The van der Waals surface area contributed by atoms with Gasteiger partial charge in [-0.25, -0.2) is 4.98 Å². The van der Waals surface area contributed by atoms with Gasteiger partial charge in [0.1, 0.15) is 5.75 Å². The zero-order valence-electron chi connectivity index (χ0n) is 19.0. The minimum atomic E-state index is -0.0617. The van der Waals surface area contributed by atoms with Crippen LogP contribution in [0.4, 0.5) is 0 Å². The van der Waals surface area contributed by atoms with Crippen LogP contribution in [0.5, 0.6) is 11.6 Å². The van der Waals surface area contributed by atoms with Gasteiger partial charge in [0.15, 0.2) is 5.82 Å². The average Bonchev–Trinajstić information content (AvgIpc) is 3.40. The van der Waals surface area contributed by atoms with Gasteiger partial charge in [-0.3, -0.25) is 9.80 Å². The van der Waals surface area contributed by atoms with E-state index in [1.54, 1.807) is 11.6 Å². The average molecular weight is 464 g/mol. The molecular formula is C25H29N5O2S. The first kappa shape index (κ1) is 21.9. The third kappa shape index (κ3) is 4.46. The zero-order chi connectivity index (χ0) is 22.8. The molecule has 2 aromatic heterocycles. The van der Waals surface area contributed by atoms with E-state index >= 15 is 0 Å². The molecule has 172 valence electrons. The number of ether oxygens (including phenoxy) is 1. The number of aryl methyl sites for hydroxylation is 1. The Morgan fingerprint density at radius 2 is 1.76 bits per heavy atom. The second-order valence-corrected chi connectivity index (χ2v) is 9.35. The number of thiazole rings is 1. The van der Waals surface area contributed by atoms with Gasteiger partial charge >= 0.3 is 0 Å². The van der Waals surface area contributed by atoms with E-state index in [4.69, 9.17) is 4.74 Å². The molecule has 3 heterocycles. The van der Waals surface area contributed by atoms with Crippen LogP contribution >= 0.6 is 11.3 Å². The SMILES string of the molecule is CCc1nc2sc(C(c3ccc(OC)cc3)N3CCN(Cc4ccccc4)CC3)c(O)n2n1. The maximum absolute atomic E-state index is 11.1. The van der Waals surface area contributed by atoms with E-state index in [9.17, 15) is 5.11 Å². The molecule has 0 radical (unpaired) electrons. The first-order valence-corrected chi connectivity index (χ1v) is 12.2. The summed E-state index contributed by atoms with van der Waals surface area (Å²) in [6, 6.07) is 18.7. The molecule has 4 aromatic rings. The molecule has 33 heavy (non-hydrogen) atoms. The molecule has 1 unspecified atom stereocenters. The van der Waals surface area contributed by atoms with Crippen LogP contribution in [0.2, 0.25) is 0 Å². The van der Waals surface area contributed by atoms with Crippen molar-refractivity contribution in [3.8, 4) is 11.6 Å². The lowest BCUT2D eigenvalue weighted by Gasteiger charge is -2.39. The number of piperazine rings is 1. The molecule has 1 atom stereocenters. The summed E-state index contributed by atoms with van der Waals surface area (Å²) >= 11 is 1.52. The number of fused-ring (bicyclic) bond motifs is 1. The topological polar surface area (TPSA) is 66.1 Å². The van der Waals surface area contributed by atoms with Gasteiger partial charge in [0, 0.05) is 39.1 Å². The molecule has 0 amide bonds. The van der Waals surface area contributed by atoms with E-state index in [1.165, 1.54) is 16.9 Å². The Morgan fingerprint density at radius 1 is 1.03 bits per heavy atom. The van der Waals surface area contributed by atoms with Crippen molar-refractivity contribution in [2.24, 2.45) is 0 Å². The maximum Gasteiger partial charge on any atom is 0.230 e. The second-order valence-electron chi connectivity index (χ2n) is 8.34. The first-order chi connectivity index (χ1) is 16.2. The van der Waals surface area contributed by atoms with E-state index in [0.29, 0.717) is 0 Å². The third-order valence-corrected chi connectivity index (χ3v) is 7.33. The number of aromatic hydroxyl groups is 1. The summed E-state index contributed by atoms with van der Waals surface area (Å²) in [6.07, 6.45) is 0.744. The van der Waals surface area contributed by atoms with Crippen molar-refractivity contribution in [3.63, 3.8) is 0 Å². The fourth-order valence-electron chi connectivity index (χ4n) is 4.45. The minimum absolute atomic E-state index is 0.0617. The van der Waals surface area contributed by atoms with Gasteiger partial charge in [-0.2, -0.15) is 4.52 Å². The van der Waals surface area contributed by atoms with Crippen LogP contribution in [-0.2, 0) is 13.0 Å². The summed E-state index contributed by atoms with van der Waals surface area (Å²) in [5.41, 5.74) is 2.47. The van der Waals surface area contributed by atoms with Crippen LogP contribution in [-0.4, -0.2) is 62.8 Å². The van der Waals surface area contributed by atoms with Crippen molar-refractivity contribution >= 4 is 16.3 Å². The van der Waals surface area contributed by atoms with Gasteiger partial charge in [-0.1, -0.05) is 60.7 Å². The highest BCUT2D eigenvalue weighted by Gasteiger charge is 2.31. The third-order valence-electron chi connectivity index (χ3n) is 6.26. The summed E-state index contributed by atoms with van der Waals surface area (Å²) in [4.78, 5) is 11.2. The van der Waals surface area contributed by atoms with Crippen molar-refractivity contribution in [3.05, 3.63) is 76.4 Å². The summed E-state index contributed by atoms with van der Waals surface area (Å²) in [6.45, 7) is 6.76. The predicted molar refractivity (Wildman–Crippen MR) is 130 cm³/mol. The van der Waals surface area contributed by atoms with Gasteiger partial charge in [-0.15, -0.1) is 5.10 Å². The lowest BCUT2D eigenvalue weighted by atomic mass is 10.0. The molecule has 0 spiro atoms. The Hall–Kier alpha value is -2.94. The molecule has 0 saturated carbocycles. The number of methoxy groups -OCH3 is 1. The van der Waals surface area contributed by atoms with Crippen LogP contribution in [0.15, 0.2) is 54.6 Å². The standard InChI is InChI=1S/C25H29N5O2S/c1-3-21-26-25-30(27-21)24(31)23(33-25)22(19-9-11-20(32-2)12-10-19)29-15-13-28(14-16-29)17-18-7-5-4-6-8-18/h4-12,22,31H,3,13-17H2,1-2H3. The summed E-state index contributed by atoms with van der Waals surface area (Å²) < 4.78 is 6.95. The molecule has 5 rings (SSSR count). The molecular weight excluding hydrogens is 434 g/mol. The number of rotatable bonds is 7. The number of nitrogens with zero attached hydrogens (tertiary/aromatic N) is 5. The number of benzene rings is 2. The van der Waals surface area contributed by atoms with Gasteiger partial charge in [-0.05, 0) is 23.3 Å². The molecule has 1 aliphatic rings. The normalized spacial score (nSPS) is 16.3. The van der Waals surface area contributed by atoms with Crippen LogP contribution in [0.25, 0.3) is 4.96 Å².